The summed E-state index contributed by atoms with van der Waals surface area (Å²) in [6.45, 7) is 1.04. The number of hydrogen-bond donors (Lipinski definition) is 1. The van der Waals surface area contributed by atoms with Crippen molar-refractivity contribution < 1.29 is 0 Å². The van der Waals surface area contributed by atoms with E-state index in [9.17, 15) is 0 Å². The van der Waals surface area contributed by atoms with Gasteiger partial charge in [-0.05, 0) is 40.9 Å². The summed E-state index contributed by atoms with van der Waals surface area (Å²) in [6, 6.07) is 5.10. The first-order chi connectivity index (χ1) is 7.34. The van der Waals surface area contributed by atoms with Crippen molar-refractivity contribution in [3.8, 4) is 0 Å². The molecule has 2 rings (SSSR count). The van der Waals surface area contributed by atoms with Gasteiger partial charge in [0.15, 0.2) is 0 Å². The van der Waals surface area contributed by atoms with E-state index < -0.39 is 0 Å². The van der Waals surface area contributed by atoms with E-state index >= 15 is 0 Å². The van der Waals surface area contributed by atoms with Crippen LogP contribution < -0.4 is 5.32 Å². The highest BCUT2D eigenvalue weighted by atomic mass is 79.9. The van der Waals surface area contributed by atoms with Gasteiger partial charge in [-0.1, -0.05) is 25.7 Å². The molecule has 0 aliphatic heterocycles. The Bertz CT molecular complexity index is 290. The zero-order chi connectivity index (χ0) is 10.5. The van der Waals surface area contributed by atoms with Crippen molar-refractivity contribution in [2.75, 3.05) is 0 Å². The first-order valence-corrected chi connectivity index (χ1v) is 7.43. The molecule has 1 aliphatic carbocycles. The smallest absolute Gasteiger partial charge is 0.0701 e. The molecule has 1 N–H and O–H groups in total. The Kier molecular flexibility index (Phi) is 4.66. The zero-order valence-corrected chi connectivity index (χ0v) is 11.4. The molecule has 0 amide bonds. The molecule has 0 radical (unpaired) electrons. The molecular formula is C12H18BrNS. The van der Waals surface area contributed by atoms with Gasteiger partial charge in [-0.15, -0.1) is 11.3 Å². The highest BCUT2D eigenvalue weighted by molar-refractivity contribution is 9.11. The second-order valence-corrected chi connectivity index (χ2v) is 6.82. The van der Waals surface area contributed by atoms with Gasteiger partial charge in [0.1, 0.15) is 0 Å². The van der Waals surface area contributed by atoms with E-state index in [1.807, 2.05) is 11.3 Å². The molecule has 0 saturated heterocycles. The van der Waals surface area contributed by atoms with Crippen molar-refractivity contribution in [1.82, 2.24) is 5.32 Å². The molecule has 3 heteroatoms. The zero-order valence-electron chi connectivity index (χ0n) is 8.97. The van der Waals surface area contributed by atoms with Crippen molar-refractivity contribution in [3.05, 3.63) is 20.8 Å². The summed E-state index contributed by atoms with van der Waals surface area (Å²) >= 11 is 5.34. The SMILES string of the molecule is Brc1ccc(CNC2CCCCCC2)s1. The molecule has 1 aromatic heterocycles. The second-order valence-electron chi connectivity index (χ2n) is 4.28. The lowest BCUT2D eigenvalue weighted by atomic mass is 10.1. The Morgan fingerprint density at radius 1 is 1.20 bits per heavy atom. The minimum Gasteiger partial charge on any atom is -0.309 e. The van der Waals surface area contributed by atoms with Crippen LogP contribution in [0.3, 0.4) is 0 Å². The van der Waals surface area contributed by atoms with Gasteiger partial charge in [0, 0.05) is 17.5 Å². The number of thiophene rings is 1. The molecular weight excluding hydrogens is 270 g/mol. The average Bonchev–Trinajstić information content (AvgIpc) is 2.52. The largest absolute Gasteiger partial charge is 0.309 e. The van der Waals surface area contributed by atoms with Gasteiger partial charge >= 0.3 is 0 Å². The van der Waals surface area contributed by atoms with Crippen molar-refractivity contribution in [2.24, 2.45) is 0 Å². The summed E-state index contributed by atoms with van der Waals surface area (Å²) in [5.74, 6) is 0. The fourth-order valence-electron chi connectivity index (χ4n) is 2.18. The van der Waals surface area contributed by atoms with Crippen LogP contribution in [0.25, 0.3) is 0 Å². The van der Waals surface area contributed by atoms with Crippen molar-refractivity contribution in [1.29, 1.82) is 0 Å². The van der Waals surface area contributed by atoms with Crippen molar-refractivity contribution in [2.45, 2.75) is 51.1 Å². The van der Waals surface area contributed by atoms with Gasteiger partial charge < -0.3 is 5.32 Å². The quantitative estimate of drug-likeness (QED) is 0.817. The maximum Gasteiger partial charge on any atom is 0.0701 e. The van der Waals surface area contributed by atoms with Crippen LogP contribution in [0.5, 0.6) is 0 Å². The van der Waals surface area contributed by atoms with Crippen LogP contribution in [0.4, 0.5) is 0 Å². The van der Waals surface area contributed by atoms with Crippen LogP contribution >= 0.6 is 27.3 Å². The summed E-state index contributed by atoms with van der Waals surface area (Å²) in [7, 11) is 0. The Balaban J connectivity index is 1.76. The standard InChI is InChI=1S/C12H18BrNS/c13-12-8-7-11(15-12)9-14-10-5-3-1-2-4-6-10/h7-8,10,14H,1-6,9H2. The fraction of sp³-hybridized carbons (Fsp3) is 0.667. The molecule has 1 saturated carbocycles. The summed E-state index contributed by atoms with van der Waals surface area (Å²) in [6.07, 6.45) is 8.42. The van der Waals surface area contributed by atoms with Crippen LogP contribution in [0.15, 0.2) is 15.9 Å². The number of nitrogens with one attached hydrogen (secondary N) is 1. The number of rotatable bonds is 3. The molecule has 1 heterocycles. The summed E-state index contributed by atoms with van der Waals surface area (Å²) < 4.78 is 1.24. The molecule has 84 valence electrons. The van der Waals surface area contributed by atoms with Crippen LogP contribution in [-0.4, -0.2) is 6.04 Å². The third kappa shape index (κ3) is 3.89. The Hall–Kier alpha value is 0.140. The average molecular weight is 288 g/mol. The normalized spacial score (nSPS) is 19.0. The summed E-state index contributed by atoms with van der Waals surface area (Å²) in [4.78, 5) is 1.44. The van der Waals surface area contributed by atoms with Crippen LogP contribution in [0.1, 0.15) is 43.4 Å². The van der Waals surface area contributed by atoms with Gasteiger partial charge in [-0.2, -0.15) is 0 Å². The Labute approximate surface area is 104 Å². The Morgan fingerprint density at radius 2 is 1.93 bits per heavy atom. The van der Waals surface area contributed by atoms with Gasteiger partial charge in [0.05, 0.1) is 3.79 Å². The molecule has 1 aliphatic rings. The molecule has 0 unspecified atom stereocenters. The van der Waals surface area contributed by atoms with Gasteiger partial charge in [-0.25, -0.2) is 0 Å². The van der Waals surface area contributed by atoms with Crippen molar-refractivity contribution in [3.63, 3.8) is 0 Å². The minimum atomic E-state index is 0.758. The highest BCUT2D eigenvalue weighted by Crippen LogP contribution is 2.23. The number of hydrogen-bond acceptors (Lipinski definition) is 2. The third-order valence-corrected chi connectivity index (χ3v) is 4.67. The highest BCUT2D eigenvalue weighted by Gasteiger charge is 2.11. The molecule has 0 bridgehead atoms. The first-order valence-electron chi connectivity index (χ1n) is 5.82. The second kappa shape index (κ2) is 6.02. The topological polar surface area (TPSA) is 12.0 Å². The molecule has 0 aromatic carbocycles. The maximum absolute atomic E-state index is 3.68. The van der Waals surface area contributed by atoms with E-state index in [1.165, 1.54) is 47.2 Å². The molecule has 15 heavy (non-hydrogen) atoms. The van der Waals surface area contributed by atoms with E-state index in [4.69, 9.17) is 0 Å². The predicted octanol–water partition coefficient (Wildman–Crippen LogP) is 4.32. The first kappa shape index (κ1) is 11.6. The maximum atomic E-state index is 3.68. The summed E-state index contributed by atoms with van der Waals surface area (Å²) in [5, 5.41) is 3.68. The van der Waals surface area contributed by atoms with Crippen molar-refractivity contribution >= 4 is 27.3 Å². The van der Waals surface area contributed by atoms with Gasteiger partial charge in [-0.3, -0.25) is 0 Å². The third-order valence-electron chi connectivity index (χ3n) is 3.05. The molecule has 1 aromatic rings. The Morgan fingerprint density at radius 3 is 2.53 bits per heavy atom. The van der Waals surface area contributed by atoms with E-state index in [-0.39, 0.29) is 0 Å². The van der Waals surface area contributed by atoms with E-state index in [2.05, 4.69) is 33.4 Å². The van der Waals surface area contributed by atoms with Gasteiger partial charge in [0.25, 0.3) is 0 Å². The lowest BCUT2D eigenvalue weighted by molar-refractivity contribution is 0.461. The molecule has 1 nitrogen and oxygen atoms in total. The van der Waals surface area contributed by atoms with E-state index in [0.29, 0.717) is 0 Å². The van der Waals surface area contributed by atoms with Crippen LogP contribution in [0, 0.1) is 0 Å². The summed E-state index contributed by atoms with van der Waals surface area (Å²) in [5.41, 5.74) is 0. The minimum absolute atomic E-state index is 0.758. The number of halogens is 1. The monoisotopic (exact) mass is 287 g/mol. The predicted molar refractivity (Wildman–Crippen MR) is 70.3 cm³/mol. The van der Waals surface area contributed by atoms with E-state index in [1.54, 1.807) is 0 Å². The van der Waals surface area contributed by atoms with Crippen LogP contribution in [-0.2, 0) is 6.54 Å². The molecule has 1 fully saturated rings. The lowest BCUT2D eigenvalue weighted by Crippen LogP contribution is -2.27. The lowest BCUT2D eigenvalue weighted by Gasteiger charge is -2.15. The van der Waals surface area contributed by atoms with Gasteiger partial charge in [0.2, 0.25) is 0 Å². The molecule has 0 spiro atoms. The van der Waals surface area contributed by atoms with Crippen LogP contribution in [0.2, 0.25) is 0 Å². The van der Waals surface area contributed by atoms with E-state index in [0.717, 1.165) is 12.6 Å². The fourth-order valence-corrected chi connectivity index (χ4v) is 3.61. The molecule has 0 atom stereocenters.